The number of quaternary nitrogens is 1. The molecule has 0 amide bonds. The van der Waals surface area contributed by atoms with E-state index < -0.39 is 13.9 Å². The van der Waals surface area contributed by atoms with Crippen molar-refractivity contribution in [3.63, 3.8) is 0 Å². The molecule has 0 aliphatic heterocycles. The molecule has 2 atom stereocenters. The smallest absolute Gasteiger partial charge is 0.472 e. The summed E-state index contributed by atoms with van der Waals surface area (Å²) in [5.74, 6) is -0.330. The van der Waals surface area contributed by atoms with Gasteiger partial charge < -0.3 is 18.9 Å². The Morgan fingerprint density at radius 2 is 0.945 bits per heavy atom. The SMILES string of the molecule is CCCCCCCCCCCCCCCC/C=C\OC[C@H](COP(=O)(O)OCC[N+](C)(C)C)OC(=O)CCCCCCCCCCCCCCCCCCC. The number of carbonyl (C=O) groups is 1. The van der Waals surface area contributed by atoms with Crippen molar-refractivity contribution in [2.24, 2.45) is 0 Å². The Morgan fingerprint density at radius 1 is 0.564 bits per heavy atom. The molecule has 55 heavy (non-hydrogen) atoms. The lowest BCUT2D eigenvalue weighted by molar-refractivity contribution is -0.870. The molecular weight excluding hydrogens is 709 g/mol. The van der Waals surface area contributed by atoms with Crippen LogP contribution in [0.5, 0.6) is 0 Å². The zero-order valence-electron chi connectivity index (χ0n) is 37.2. The first kappa shape index (κ1) is 54.1. The first-order chi connectivity index (χ1) is 26.6. The van der Waals surface area contributed by atoms with E-state index >= 15 is 0 Å². The minimum atomic E-state index is -4.29. The Labute approximate surface area is 341 Å². The van der Waals surface area contributed by atoms with E-state index in [4.69, 9.17) is 18.5 Å². The number of phosphoric ester groups is 1. The van der Waals surface area contributed by atoms with Crippen LogP contribution in [-0.2, 0) is 27.9 Å². The average molecular weight is 803 g/mol. The minimum absolute atomic E-state index is 0.0545. The van der Waals surface area contributed by atoms with Crippen molar-refractivity contribution in [1.29, 1.82) is 0 Å². The highest BCUT2D eigenvalue weighted by atomic mass is 31.2. The normalized spacial score (nSPS) is 13.7. The van der Waals surface area contributed by atoms with E-state index in [9.17, 15) is 14.3 Å². The lowest BCUT2D eigenvalue weighted by Crippen LogP contribution is -2.37. The van der Waals surface area contributed by atoms with E-state index in [1.807, 2.05) is 27.2 Å². The number of allylic oxidation sites excluding steroid dienone is 1. The highest BCUT2D eigenvalue weighted by Crippen LogP contribution is 2.43. The molecule has 0 aromatic carbocycles. The second-order valence-electron chi connectivity index (χ2n) is 17.2. The number of ether oxygens (including phenoxy) is 2. The lowest BCUT2D eigenvalue weighted by atomic mass is 10.0. The van der Waals surface area contributed by atoms with Crippen LogP contribution in [0.25, 0.3) is 0 Å². The van der Waals surface area contributed by atoms with Crippen LogP contribution < -0.4 is 0 Å². The highest BCUT2D eigenvalue weighted by molar-refractivity contribution is 7.47. The summed E-state index contributed by atoms with van der Waals surface area (Å²) in [5, 5.41) is 0. The van der Waals surface area contributed by atoms with Gasteiger partial charge in [-0.1, -0.05) is 200 Å². The van der Waals surface area contributed by atoms with Gasteiger partial charge in [-0.15, -0.1) is 0 Å². The van der Waals surface area contributed by atoms with Gasteiger partial charge in [0.25, 0.3) is 0 Å². The number of esters is 1. The van der Waals surface area contributed by atoms with E-state index in [2.05, 4.69) is 13.8 Å². The number of hydrogen-bond donors (Lipinski definition) is 1. The molecule has 8 nitrogen and oxygen atoms in total. The molecule has 0 heterocycles. The monoisotopic (exact) mass is 803 g/mol. The number of likely N-dealkylation sites (N-methyl/N-ethyl adjacent to an activating group) is 1. The molecule has 0 radical (unpaired) electrons. The standard InChI is InChI=1S/C46H92NO7P/c1-6-8-10-12-14-16-18-20-22-24-25-27-29-31-33-35-37-39-46(48)54-45(44-53-55(49,50)52-42-40-47(3,4)5)43-51-41-38-36-34-32-30-28-26-23-21-19-17-15-13-11-9-7-2/h38,41,45H,6-37,39-40,42-44H2,1-5H3/p+1/b41-38-/t45-/m1/s1. The van der Waals surface area contributed by atoms with Gasteiger partial charge in [0.2, 0.25) is 0 Å². The molecule has 9 heteroatoms. The van der Waals surface area contributed by atoms with Gasteiger partial charge in [0.05, 0.1) is 34.0 Å². The van der Waals surface area contributed by atoms with Crippen molar-refractivity contribution in [3.05, 3.63) is 12.3 Å². The van der Waals surface area contributed by atoms with Crippen LogP contribution in [0.15, 0.2) is 12.3 Å². The first-order valence-corrected chi connectivity index (χ1v) is 25.0. The van der Waals surface area contributed by atoms with Crippen molar-refractivity contribution in [3.8, 4) is 0 Å². The van der Waals surface area contributed by atoms with Crippen LogP contribution in [0, 0.1) is 0 Å². The van der Waals surface area contributed by atoms with Crippen LogP contribution in [0.1, 0.15) is 226 Å². The summed E-state index contributed by atoms with van der Waals surface area (Å²) in [7, 11) is 1.65. The Morgan fingerprint density at radius 3 is 1.35 bits per heavy atom. The summed E-state index contributed by atoms with van der Waals surface area (Å²) in [4.78, 5) is 22.9. The molecule has 0 aromatic rings. The van der Waals surface area contributed by atoms with Crippen molar-refractivity contribution in [2.75, 3.05) is 47.5 Å². The number of unbranched alkanes of at least 4 members (excludes halogenated alkanes) is 30. The third-order valence-corrected chi connectivity index (χ3v) is 11.4. The van der Waals surface area contributed by atoms with Gasteiger partial charge in [-0.05, 0) is 25.3 Å². The Kier molecular flexibility index (Phi) is 39.2. The van der Waals surface area contributed by atoms with Crippen molar-refractivity contribution < 1.29 is 37.3 Å². The molecule has 0 aliphatic rings. The number of nitrogens with zero attached hydrogens (tertiary/aromatic N) is 1. The van der Waals surface area contributed by atoms with Crippen LogP contribution in [-0.4, -0.2) is 69.0 Å². The molecule has 0 fully saturated rings. The molecule has 0 aromatic heterocycles. The maximum atomic E-state index is 12.7. The third kappa shape index (κ3) is 44.0. The van der Waals surface area contributed by atoms with Crippen LogP contribution in [0.3, 0.4) is 0 Å². The van der Waals surface area contributed by atoms with Crippen LogP contribution in [0.2, 0.25) is 0 Å². The zero-order valence-corrected chi connectivity index (χ0v) is 38.1. The molecule has 0 spiro atoms. The van der Waals surface area contributed by atoms with Gasteiger partial charge in [-0.2, -0.15) is 0 Å². The molecule has 1 unspecified atom stereocenters. The fraction of sp³-hybridized carbons (Fsp3) is 0.935. The Hall–Kier alpha value is -0.920. The van der Waals surface area contributed by atoms with Gasteiger partial charge in [-0.3, -0.25) is 13.8 Å². The second-order valence-corrected chi connectivity index (χ2v) is 18.7. The van der Waals surface area contributed by atoms with E-state index in [-0.39, 0.29) is 25.8 Å². The van der Waals surface area contributed by atoms with Gasteiger partial charge in [0, 0.05) is 6.42 Å². The predicted octanol–water partition coefficient (Wildman–Crippen LogP) is 14.2. The molecular formula is C46H93NO7P+. The molecule has 0 saturated carbocycles. The fourth-order valence-corrected chi connectivity index (χ4v) is 7.50. The largest absolute Gasteiger partial charge is 0.498 e. The Bertz CT molecular complexity index is 894. The lowest BCUT2D eigenvalue weighted by Gasteiger charge is -2.24. The highest BCUT2D eigenvalue weighted by Gasteiger charge is 2.26. The Balaban J connectivity index is 4.21. The summed E-state index contributed by atoms with van der Waals surface area (Å²) in [6.45, 7) is 4.97. The average Bonchev–Trinajstić information content (AvgIpc) is 3.13. The summed E-state index contributed by atoms with van der Waals surface area (Å²) in [5.41, 5.74) is 0. The van der Waals surface area contributed by atoms with Crippen molar-refractivity contribution in [2.45, 2.75) is 232 Å². The summed E-state index contributed by atoms with van der Waals surface area (Å²) in [6.07, 6.45) is 44.8. The fourth-order valence-electron chi connectivity index (χ4n) is 6.76. The molecule has 0 aliphatic carbocycles. The maximum Gasteiger partial charge on any atom is 0.472 e. The van der Waals surface area contributed by atoms with Crippen molar-refractivity contribution in [1.82, 2.24) is 0 Å². The van der Waals surface area contributed by atoms with E-state index in [1.54, 1.807) is 6.26 Å². The number of carbonyl (C=O) groups excluding carboxylic acids is 1. The quantitative estimate of drug-likeness (QED) is 0.0216. The molecule has 0 rings (SSSR count). The molecule has 1 N–H and O–H groups in total. The van der Waals surface area contributed by atoms with E-state index in [0.717, 1.165) is 32.1 Å². The molecule has 0 bridgehead atoms. The van der Waals surface area contributed by atoms with Gasteiger partial charge in [0.1, 0.15) is 19.8 Å². The number of phosphoric acid groups is 1. The molecule has 0 saturated heterocycles. The first-order valence-electron chi connectivity index (χ1n) is 23.5. The van der Waals surface area contributed by atoms with Gasteiger partial charge in [0.15, 0.2) is 6.10 Å². The second kappa shape index (κ2) is 39.9. The van der Waals surface area contributed by atoms with Crippen LogP contribution in [0.4, 0.5) is 0 Å². The summed E-state index contributed by atoms with van der Waals surface area (Å²) >= 11 is 0. The number of rotatable bonds is 44. The van der Waals surface area contributed by atoms with E-state index in [1.165, 1.54) is 173 Å². The van der Waals surface area contributed by atoms with Gasteiger partial charge >= 0.3 is 13.8 Å². The van der Waals surface area contributed by atoms with Crippen molar-refractivity contribution >= 4 is 13.8 Å². The topological polar surface area (TPSA) is 91.3 Å². The van der Waals surface area contributed by atoms with Crippen LogP contribution >= 0.6 is 7.82 Å². The summed E-state index contributed by atoms with van der Waals surface area (Å²) < 4.78 is 34.8. The zero-order chi connectivity index (χ0) is 40.6. The van der Waals surface area contributed by atoms with E-state index in [0.29, 0.717) is 17.4 Å². The van der Waals surface area contributed by atoms with Gasteiger partial charge in [-0.25, -0.2) is 4.57 Å². The maximum absolute atomic E-state index is 12.7. The number of hydrogen-bond acceptors (Lipinski definition) is 6. The minimum Gasteiger partial charge on any atom is -0.498 e. The molecule has 328 valence electrons. The predicted molar refractivity (Wildman–Crippen MR) is 233 cm³/mol. The summed E-state index contributed by atoms with van der Waals surface area (Å²) in [6, 6.07) is 0. The third-order valence-electron chi connectivity index (χ3n) is 10.4.